The highest BCUT2D eigenvalue weighted by molar-refractivity contribution is 5.54. The Bertz CT molecular complexity index is 635. The van der Waals surface area contributed by atoms with Crippen LogP contribution in [0.2, 0.25) is 0 Å². The van der Waals surface area contributed by atoms with Crippen molar-refractivity contribution in [3.05, 3.63) is 72.1 Å². The average Bonchev–Trinajstić information content (AvgIpc) is 3.07. The van der Waals surface area contributed by atoms with Gasteiger partial charge in [0.15, 0.2) is 0 Å². The molecule has 1 aromatic carbocycles. The summed E-state index contributed by atoms with van der Waals surface area (Å²) in [6, 6.07) is 18.8. The van der Waals surface area contributed by atoms with Crippen LogP contribution >= 0.6 is 0 Å². The van der Waals surface area contributed by atoms with E-state index in [1.807, 2.05) is 12.1 Å². The zero-order valence-electron chi connectivity index (χ0n) is 11.0. The SMILES string of the molecule is Cc1ccc(-c2ccco2)n1CCc1ccccc1. The Labute approximate surface area is 113 Å². The van der Waals surface area contributed by atoms with Gasteiger partial charge in [0.25, 0.3) is 0 Å². The minimum absolute atomic E-state index is 0.932. The molecule has 0 aliphatic rings. The van der Waals surface area contributed by atoms with Gasteiger partial charge in [0.1, 0.15) is 5.76 Å². The van der Waals surface area contributed by atoms with Crippen LogP contribution in [0.15, 0.2) is 65.3 Å². The molecular weight excluding hydrogens is 234 g/mol. The van der Waals surface area contributed by atoms with Crippen molar-refractivity contribution in [1.82, 2.24) is 4.57 Å². The summed E-state index contributed by atoms with van der Waals surface area (Å²) in [4.78, 5) is 0. The molecule has 0 bridgehead atoms. The number of aryl methyl sites for hydroxylation is 2. The molecule has 96 valence electrons. The summed E-state index contributed by atoms with van der Waals surface area (Å²) < 4.78 is 7.82. The fourth-order valence-electron chi connectivity index (χ4n) is 2.39. The van der Waals surface area contributed by atoms with Crippen LogP contribution in [0.3, 0.4) is 0 Å². The van der Waals surface area contributed by atoms with Gasteiger partial charge in [0.05, 0.1) is 12.0 Å². The fourth-order valence-corrected chi connectivity index (χ4v) is 2.39. The number of aromatic nitrogens is 1. The number of nitrogens with zero attached hydrogens (tertiary/aromatic N) is 1. The summed E-state index contributed by atoms with van der Waals surface area (Å²) in [7, 11) is 0. The van der Waals surface area contributed by atoms with Gasteiger partial charge in [-0.3, -0.25) is 0 Å². The quantitative estimate of drug-likeness (QED) is 0.676. The lowest BCUT2D eigenvalue weighted by molar-refractivity contribution is 0.569. The molecule has 3 rings (SSSR count). The number of benzene rings is 1. The summed E-state index contributed by atoms with van der Waals surface area (Å²) in [5, 5.41) is 0. The van der Waals surface area contributed by atoms with E-state index in [0.717, 1.165) is 24.4 Å². The molecule has 0 saturated heterocycles. The molecule has 0 amide bonds. The van der Waals surface area contributed by atoms with E-state index >= 15 is 0 Å². The largest absolute Gasteiger partial charge is 0.463 e. The molecule has 3 aromatic rings. The minimum Gasteiger partial charge on any atom is -0.463 e. The third-order valence-corrected chi connectivity index (χ3v) is 3.44. The lowest BCUT2D eigenvalue weighted by atomic mass is 10.1. The number of hydrogen-bond acceptors (Lipinski definition) is 1. The third-order valence-electron chi connectivity index (χ3n) is 3.44. The van der Waals surface area contributed by atoms with Gasteiger partial charge in [0.2, 0.25) is 0 Å². The summed E-state index contributed by atoms with van der Waals surface area (Å²) in [5.41, 5.74) is 3.78. The van der Waals surface area contributed by atoms with Gasteiger partial charge in [-0.1, -0.05) is 30.3 Å². The van der Waals surface area contributed by atoms with Crippen LogP contribution in [0.4, 0.5) is 0 Å². The van der Waals surface area contributed by atoms with Crippen LogP contribution in [0.25, 0.3) is 11.5 Å². The van der Waals surface area contributed by atoms with Crippen molar-refractivity contribution in [2.75, 3.05) is 0 Å². The van der Waals surface area contributed by atoms with Crippen molar-refractivity contribution >= 4 is 0 Å². The van der Waals surface area contributed by atoms with Crippen LogP contribution in [0.5, 0.6) is 0 Å². The van der Waals surface area contributed by atoms with Crippen molar-refractivity contribution in [3.63, 3.8) is 0 Å². The zero-order chi connectivity index (χ0) is 13.1. The first kappa shape index (κ1) is 11.8. The van der Waals surface area contributed by atoms with E-state index < -0.39 is 0 Å². The summed E-state index contributed by atoms with van der Waals surface area (Å²) in [5.74, 6) is 0.932. The Kier molecular flexibility index (Phi) is 3.23. The van der Waals surface area contributed by atoms with Crippen molar-refractivity contribution in [3.8, 4) is 11.5 Å². The average molecular weight is 251 g/mol. The molecule has 19 heavy (non-hydrogen) atoms. The van der Waals surface area contributed by atoms with E-state index in [9.17, 15) is 0 Å². The molecule has 0 atom stereocenters. The Hall–Kier alpha value is -2.22. The van der Waals surface area contributed by atoms with Gasteiger partial charge < -0.3 is 8.98 Å². The lowest BCUT2D eigenvalue weighted by Gasteiger charge is -2.10. The summed E-state index contributed by atoms with van der Waals surface area (Å²) in [6.45, 7) is 3.11. The molecule has 0 fully saturated rings. The van der Waals surface area contributed by atoms with Crippen LogP contribution < -0.4 is 0 Å². The fraction of sp³-hybridized carbons (Fsp3) is 0.176. The Morgan fingerprint density at radius 2 is 1.79 bits per heavy atom. The Balaban J connectivity index is 1.83. The molecule has 0 spiro atoms. The van der Waals surface area contributed by atoms with Crippen LogP contribution in [0, 0.1) is 6.92 Å². The molecular formula is C17H17NO. The van der Waals surface area contributed by atoms with E-state index in [1.165, 1.54) is 11.3 Å². The first-order valence-electron chi connectivity index (χ1n) is 6.58. The van der Waals surface area contributed by atoms with Crippen LogP contribution in [-0.2, 0) is 13.0 Å². The number of rotatable bonds is 4. The molecule has 0 unspecified atom stereocenters. The van der Waals surface area contributed by atoms with Gasteiger partial charge in [-0.05, 0) is 43.2 Å². The van der Waals surface area contributed by atoms with Gasteiger partial charge in [-0.2, -0.15) is 0 Å². The number of hydrogen-bond donors (Lipinski definition) is 0. The number of furan rings is 1. The van der Waals surface area contributed by atoms with E-state index in [-0.39, 0.29) is 0 Å². The van der Waals surface area contributed by atoms with Gasteiger partial charge >= 0.3 is 0 Å². The van der Waals surface area contributed by atoms with Crippen molar-refractivity contribution < 1.29 is 4.42 Å². The van der Waals surface area contributed by atoms with Crippen LogP contribution in [0.1, 0.15) is 11.3 Å². The second-order valence-electron chi connectivity index (χ2n) is 4.72. The second kappa shape index (κ2) is 5.19. The second-order valence-corrected chi connectivity index (χ2v) is 4.72. The molecule has 2 heteroatoms. The highest BCUT2D eigenvalue weighted by Gasteiger charge is 2.09. The van der Waals surface area contributed by atoms with Crippen molar-refractivity contribution in [2.24, 2.45) is 0 Å². The maximum absolute atomic E-state index is 5.50. The van der Waals surface area contributed by atoms with Gasteiger partial charge in [-0.25, -0.2) is 0 Å². The normalized spacial score (nSPS) is 10.8. The Morgan fingerprint density at radius 1 is 0.947 bits per heavy atom. The first-order valence-corrected chi connectivity index (χ1v) is 6.58. The molecule has 0 saturated carbocycles. The monoisotopic (exact) mass is 251 g/mol. The minimum atomic E-state index is 0.932. The smallest absolute Gasteiger partial charge is 0.150 e. The third kappa shape index (κ3) is 2.48. The summed E-state index contributed by atoms with van der Waals surface area (Å²) in [6.07, 6.45) is 2.75. The highest BCUT2D eigenvalue weighted by atomic mass is 16.3. The standard InChI is InChI=1S/C17H17NO/c1-14-9-10-16(17-8-5-13-19-17)18(14)12-11-15-6-3-2-4-7-15/h2-10,13H,11-12H2,1H3. The predicted molar refractivity (Wildman–Crippen MR) is 77.0 cm³/mol. The molecule has 0 aliphatic carbocycles. The van der Waals surface area contributed by atoms with E-state index in [2.05, 4.69) is 54.0 Å². The van der Waals surface area contributed by atoms with Crippen molar-refractivity contribution in [1.29, 1.82) is 0 Å². The molecule has 2 heterocycles. The molecule has 2 aromatic heterocycles. The van der Waals surface area contributed by atoms with Crippen LogP contribution in [-0.4, -0.2) is 4.57 Å². The highest BCUT2D eigenvalue weighted by Crippen LogP contribution is 2.23. The van der Waals surface area contributed by atoms with Crippen molar-refractivity contribution in [2.45, 2.75) is 19.9 Å². The topological polar surface area (TPSA) is 18.1 Å². The predicted octanol–water partition coefficient (Wildman–Crippen LogP) is 4.30. The van der Waals surface area contributed by atoms with E-state index in [1.54, 1.807) is 6.26 Å². The maximum atomic E-state index is 5.50. The van der Waals surface area contributed by atoms with Gasteiger partial charge in [0, 0.05) is 12.2 Å². The Morgan fingerprint density at radius 3 is 2.53 bits per heavy atom. The summed E-state index contributed by atoms with van der Waals surface area (Å²) >= 11 is 0. The lowest BCUT2D eigenvalue weighted by Crippen LogP contribution is -2.04. The van der Waals surface area contributed by atoms with E-state index in [4.69, 9.17) is 4.42 Å². The molecule has 2 nitrogen and oxygen atoms in total. The molecule has 0 radical (unpaired) electrons. The van der Waals surface area contributed by atoms with E-state index in [0.29, 0.717) is 0 Å². The maximum Gasteiger partial charge on any atom is 0.150 e. The van der Waals surface area contributed by atoms with Gasteiger partial charge in [-0.15, -0.1) is 0 Å². The molecule has 0 N–H and O–H groups in total. The molecule has 0 aliphatic heterocycles. The zero-order valence-corrected chi connectivity index (χ0v) is 11.0. The first-order chi connectivity index (χ1) is 9.34.